The average Bonchev–Trinajstić information content (AvgIpc) is 1.45. The first-order valence-corrected chi connectivity index (χ1v) is 31.9. The zero-order chi connectivity index (χ0) is 69.0. The van der Waals surface area contributed by atoms with Crippen molar-refractivity contribution in [2.45, 2.75) is 187 Å². The minimum atomic E-state index is -1.93. The number of para-hydroxylation sites is 1. The van der Waals surface area contributed by atoms with Gasteiger partial charge in [-0.1, -0.05) is 59.2 Å². The summed E-state index contributed by atoms with van der Waals surface area (Å²) < 4.78 is 13.0. The van der Waals surface area contributed by atoms with E-state index in [1.54, 1.807) is 31.4 Å². The molecule has 0 fully saturated rings. The fourth-order valence-electron chi connectivity index (χ4n) is 11.1. The first-order valence-electron chi connectivity index (χ1n) is 31.9. The van der Waals surface area contributed by atoms with E-state index < -0.39 is 107 Å². The second kappa shape index (κ2) is 34.2. The molecule has 0 saturated heterocycles. The molecule has 9 amide bonds. The molecule has 3 aliphatic heterocycles. The van der Waals surface area contributed by atoms with E-state index in [1.165, 1.54) is 26.0 Å². The number of aliphatic imine (C=N–C) groups is 2. The molecule has 30 nitrogen and oxygen atoms in total. The molecule has 6 rings (SSSR count). The van der Waals surface area contributed by atoms with Crippen molar-refractivity contribution in [2.75, 3.05) is 26.2 Å². The van der Waals surface area contributed by atoms with Crippen molar-refractivity contribution >= 4 is 87.9 Å². The topological polar surface area (TPSA) is 457 Å². The van der Waals surface area contributed by atoms with Gasteiger partial charge in [-0.05, 0) is 108 Å². The number of nitrogens with two attached hydrogens (primary N) is 4. The molecule has 7 atom stereocenters. The highest BCUT2D eigenvalue weighted by atomic mass is 16.6. The summed E-state index contributed by atoms with van der Waals surface area (Å²) in [5.41, 5.74) is 22.7. The number of guanidine groups is 2. The highest BCUT2D eigenvalue weighted by molar-refractivity contribution is 6.13. The van der Waals surface area contributed by atoms with E-state index in [0.717, 1.165) is 21.4 Å². The maximum absolute atomic E-state index is 14.0. The van der Waals surface area contributed by atoms with Crippen LogP contribution in [0.5, 0.6) is 0 Å². The Kier molecular flexibility index (Phi) is 26.7. The number of cyclic esters (lactones) is 1. The highest BCUT2D eigenvalue weighted by Crippen LogP contribution is 2.41. The molecule has 3 aromatic rings. The van der Waals surface area contributed by atoms with Crippen molar-refractivity contribution in [3.05, 3.63) is 75.6 Å². The first-order chi connectivity index (χ1) is 44.6. The van der Waals surface area contributed by atoms with Gasteiger partial charge in [-0.2, -0.15) is 0 Å². The average molecular weight is 1310 g/mol. The summed E-state index contributed by atoms with van der Waals surface area (Å²) in [7, 11) is 0. The standard InChI is InChI=1S/C64H90N16O14/c1-8-64(42-32-48-53-40(31-39-17-11-12-18-43(39)75-53)33-80(48)60(91)41(42)34-93-61(64)92)94-52(84)22-16-25-69-56(87)46(29-35(2)3)77-54(85)38(7)73-59(90)47(30-36(4)5)78-55(86)37(6)72-57(88)45(20-15-27-71-63(67)68)76-58(89)44(19-14-26-70-62(65)66)74-49(81)21-10-9-13-28-79-50(82)23-24-51(79)83/h11-12,17-18,23-24,31-32,35-38,44-47H,8-10,13-16,19-22,25-30,33-34H2,1-7H3,(H,69,87)(H,72,88)(H,73,90)(H,74,81)(H,76,89)(H,77,85)(H,78,86)(H4,65,66,70)(H4,67,68,71)/t37-,38-,44-,45-,46-,47-,64-/m0/s1. The molecule has 0 spiro atoms. The van der Waals surface area contributed by atoms with Gasteiger partial charge in [0.05, 0.1) is 29.0 Å². The number of pyridine rings is 2. The number of ether oxygens (including phenoxy) is 2. The number of nitrogens with one attached hydrogen (secondary N) is 7. The van der Waals surface area contributed by atoms with Crippen LogP contribution in [-0.2, 0) is 81.0 Å². The molecular weight excluding hydrogens is 1220 g/mol. The minimum absolute atomic E-state index is 0.00147. The third kappa shape index (κ3) is 20.1. The maximum atomic E-state index is 14.0. The molecule has 94 heavy (non-hydrogen) atoms. The molecule has 0 bridgehead atoms. The number of imide groups is 1. The van der Waals surface area contributed by atoms with Crippen molar-refractivity contribution in [1.82, 2.24) is 51.7 Å². The molecule has 0 saturated carbocycles. The highest BCUT2D eigenvalue weighted by Gasteiger charge is 2.50. The number of hydrogen-bond donors (Lipinski definition) is 11. The van der Waals surface area contributed by atoms with E-state index in [0.29, 0.717) is 30.7 Å². The number of carbonyl (C=O) groups is 11. The zero-order valence-electron chi connectivity index (χ0n) is 54.4. The van der Waals surface area contributed by atoms with Crippen LogP contribution in [0, 0.1) is 11.8 Å². The van der Waals surface area contributed by atoms with Gasteiger partial charge in [-0.25, -0.2) is 9.78 Å². The molecule has 0 radical (unpaired) electrons. The van der Waals surface area contributed by atoms with Crippen LogP contribution in [0.4, 0.5) is 0 Å². The zero-order valence-corrected chi connectivity index (χ0v) is 54.4. The Labute approximate surface area is 544 Å². The van der Waals surface area contributed by atoms with Crippen molar-refractivity contribution in [3.8, 4) is 11.4 Å². The van der Waals surface area contributed by atoms with E-state index in [4.69, 9.17) is 37.4 Å². The lowest BCUT2D eigenvalue weighted by atomic mass is 9.85. The Morgan fingerprint density at radius 1 is 0.649 bits per heavy atom. The van der Waals surface area contributed by atoms with Gasteiger partial charge in [0.15, 0.2) is 11.9 Å². The number of nitrogens with zero attached hydrogens (tertiary/aromatic N) is 5. The van der Waals surface area contributed by atoms with Crippen LogP contribution >= 0.6 is 0 Å². The molecule has 3 aliphatic rings. The molecule has 2 aromatic heterocycles. The Hall–Kier alpha value is -9.77. The number of carbonyl (C=O) groups excluding carboxylic acids is 11. The Morgan fingerprint density at radius 2 is 1.20 bits per heavy atom. The lowest BCUT2D eigenvalue weighted by Crippen LogP contribution is -2.59. The number of unbranched alkanes of at least 4 members (excludes halogenated alkanes) is 2. The largest absolute Gasteiger partial charge is 0.457 e. The number of amides is 9. The second-order valence-corrected chi connectivity index (χ2v) is 24.5. The van der Waals surface area contributed by atoms with Gasteiger partial charge in [-0.3, -0.25) is 67.6 Å². The van der Waals surface area contributed by atoms with E-state index >= 15 is 0 Å². The third-order valence-electron chi connectivity index (χ3n) is 16.1. The number of aromatic nitrogens is 2. The molecule has 0 aliphatic carbocycles. The predicted molar refractivity (Wildman–Crippen MR) is 347 cm³/mol. The van der Waals surface area contributed by atoms with Crippen LogP contribution in [0.2, 0.25) is 0 Å². The van der Waals surface area contributed by atoms with E-state index in [9.17, 15) is 57.5 Å². The summed E-state index contributed by atoms with van der Waals surface area (Å²) in [4.78, 5) is 175. The van der Waals surface area contributed by atoms with Crippen LogP contribution in [0.1, 0.15) is 149 Å². The van der Waals surface area contributed by atoms with Gasteiger partial charge in [0.2, 0.25) is 47.0 Å². The molecular formula is C64H90N16O14. The van der Waals surface area contributed by atoms with Crippen molar-refractivity contribution in [2.24, 2.45) is 44.8 Å². The smallest absolute Gasteiger partial charge is 0.355 e. The Bertz CT molecular complexity index is 3470. The lowest BCUT2D eigenvalue weighted by molar-refractivity contribution is -0.189. The van der Waals surface area contributed by atoms with Gasteiger partial charge >= 0.3 is 11.9 Å². The Morgan fingerprint density at radius 3 is 1.79 bits per heavy atom. The van der Waals surface area contributed by atoms with E-state index in [1.807, 2.05) is 44.2 Å². The molecule has 5 heterocycles. The monoisotopic (exact) mass is 1310 g/mol. The molecule has 1 aromatic carbocycles. The Balaban J connectivity index is 1.02. The number of rotatable bonds is 36. The minimum Gasteiger partial charge on any atom is -0.457 e. The predicted octanol–water partition coefficient (Wildman–Crippen LogP) is 0.160. The van der Waals surface area contributed by atoms with E-state index in [2.05, 4.69) is 47.2 Å². The second-order valence-electron chi connectivity index (χ2n) is 24.5. The fourth-order valence-corrected chi connectivity index (χ4v) is 11.1. The van der Waals surface area contributed by atoms with Gasteiger partial charge in [0, 0.05) is 67.7 Å². The van der Waals surface area contributed by atoms with Crippen molar-refractivity contribution in [1.29, 1.82) is 0 Å². The lowest BCUT2D eigenvalue weighted by Gasteiger charge is -2.35. The summed E-state index contributed by atoms with van der Waals surface area (Å²) >= 11 is 0. The summed E-state index contributed by atoms with van der Waals surface area (Å²) in [6.45, 7) is 12.0. The van der Waals surface area contributed by atoms with Crippen molar-refractivity contribution in [3.63, 3.8) is 0 Å². The quantitative estimate of drug-likeness (QED) is 0.00950. The summed E-state index contributed by atoms with van der Waals surface area (Å²) in [6.07, 6.45) is 4.22. The normalized spacial score (nSPS) is 16.4. The number of benzene rings is 1. The summed E-state index contributed by atoms with van der Waals surface area (Å²) in [6, 6.07) is 3.92. The van der Waals surface area contributed by atoms with Gasteiger partial charge in [-0.15, -0.1) is 0 Å². The number of esters is 2. The number of fused-ring (bicyclic) bond motifs is 5. The third-order valence-corrected chi connectivity index (χ3v) is 16.1. The van der Waals surface area contributed by atoms with E-state index in [-0.39, 0.29) is 144 Å². The van der Waals surface area contributed by atoms with Gasteiger partial charge in [0.1, 0.15) is 42.9 Å². The van der Waals surface area contributed by atoms with Crippen LogP contribution in [-0.4, -0.2) is 154 Å². The van der Waals surface area contributed by atoms with Gasteiger partial charge in [0.25, 0.3) is 17.4 Å². The maximum Gasteiger partial charge on any atom is 0.355 e. The molecule has 510 valence electrons. The van der Waals surface area contributed by atoms with Crippen LogP contribution in [0.25, 0.3) is 22.3 Å². The fraction of sp³-hybridized carbons (Fsp3) is 0.547. The van der Waals surface area contributed by atoms with Gasteiger partial charge < -0.3 is 74.2 Å². The molecule has 0 unspecified atom stereocenters. The SMILES string of the molecule is CC[C@@]1(OC(=O)CCCNC(=O)[C@H](CC(C)C)NC(=O)[C@H](C)NC(=O)[C@H](CC(C)C)NC(=O)[C@H](C)NC(=O)[C@H](CCCN=C(N)N)NC(=O)[C@H](CCCN=C(N)N)NC(=O)CCCCCN2C(=O)C=CC2=O)C(=O)OCc2c1cc1n(c2=O)Cc2cc3ccccc3nc2-1. The molecule has 30 heteroatoms. The number of hydrogen-bond acceptors (Lipinski definition) is 17. The van der Waals surface area contributed by atoms with Crippen LogP contribution < -0.4 is 65.7 Å². The van der Waals surface area contributed by atoms with Crippen molar-refractivity contribution < 1.29 is 62.2 Å². The molecule has 15 N–H and O–H groups in total. The summed E-state index contributed by atoms with van der Waals surface area (Å²) in [5, 5.41) is 19.6. The summed E-state index contributed by atoms with van der Waals surface area (Å²) in [5.74, 6) is -7.91. The first kappa shape index (κ1) is 73.3. The van der Waals surface area contributed by atoms with Crippen LogP contribution in [0.3, 0.4) is 0 Å². The van der Waals surface area contributed by atoms with Crippen LogP contribution in [0.15, 0.2) is 63.3 Å².